The summed E-state index contributed by atoms with van der Waals surface area (Å²) in [6, 6.07) is 1.85. The zero-order valence-corrected chi connectivity index (χ0v) is 12.1. The Morgan fingerprint density at radius 1 is 1.26 bits per heavy atom. The average Bonchev–Trinajstić information content (AvgIpc) is 2.36. The number of ketones is 1. The van der Waals surface area contributed by atoms with Crippen LogP contribution in [0.3, 0.4) is 0 Å². The van der Waals surface area contributed by atoms with Gasteiger partial charge < -0.3 is 4.98 Å². The minimum Gasteiger partial charge on any atom is -0.325 e. The Labute approximate surface area is 114 Å². The molecule has 0 spiro atoms. The predicted octanol–water partition coefficient (Wildman–Crippen LogP) is 3.36. The molecule has 0 bridgehead atoms. The summed E-state index contributed by atoms with van der Waals surface area (Å²) in [6.45, 7) is 6.33. The molecule has 0 aromatic carbocycles. The first-order chi connectivity index (χ1) is 8.95. The van der Waals surface area contributed by atoms with Gasteiger partial charge in [-0.3, -0.25) is 9.59 Å². The molecule has 1 aromatic rings. The number of aromatic amines is 1. The quantitative estimate of drug-likeness (QED) is 0.903. The molecule has 0 saturated heterocycles. The minimum atomic E-state index is -0.170. The first-order valence-corrected chi connectivity index (χ1v) is 7.25. The number of rotatable bonds is 4. The number of fused-ring (bicyclic) bond motifs is 1. The third-order valence-electron chi connectivity index (χ3n) is 4.14. The number of pyridine rings is 1. The number of carbonyl (C=O) groups is 1. The molecule has 0 amide bonds. The lowest BCUT2D eigenvalue weighted by Gasteiger charge is -2.26. The highest BCUT2D eigenvalue weighted by molar-refractivity contribution is 5.98. The van der Waals surface area contributed by atoms with E-state index in [1.807, 2.05) is 6.07 Å². The lowest BCUT2D eigenvalue weighted by Crippen LogP contribution is -2.30. The van der Waals surface area contributed by atoms with Gasteiger partial charge in [-0.05, 0) is 30.7 Å². The van der Waals surface area contributed by atoms with Crippen LogP contribution in [0, 0.1) is 0 Å². The second-order valence-electron chi connectivity index (χ2n) is 6.17. The summed E-state index contributed by atoms with van der Waals surface area (Å²) < 4.78 is 0. The number of H-pyrrole nitrogens is 1. The highest BCUT2D eigenvalue weighted by atomic mass is 16.1. The van der Waals surface area contributed by atoms with Crippen LogP contribution >= 0.6 is 0 Å². The maximum absolute atomic E-state index is 12.2. The van der Waals surface area contributed by atoms with Gasteiger partial charge in [0.25, 0.3) is 5.56 Å². The Kier molecular flexibility index (Phi) is 3.93. The van der Waals surface area contributed by atoms with Crippen LogP contribution in [0.15, 0.2) is 10.9 Å². The Morgan fingerprint density at radius 3 is 2.68 bits per heavy atom. The van der Waals surface area contributed by atoms with E-state index in [4.69, 9.17) is 0 Å². The molecule has 19 heavy (non-hydrogen) atoms. The third kappa shape index (κ3) is 2.80. The van der Waals surface area contributed by atoms with Crippen molar-refractivity contribution in [3.8, 4) is 0 Å². The largest absolute Gasteiger partial charge is 0.325 e. The van der Waals surface area contributed by atoms with E-state index in [1.165, 1.54) is 0 Å². The SMILES string of the molecule is CCCCC(C)(C)c1cc2c([nH]c1=O)CCCC2=O. The molecule has 0 aliphatic heterocycles. The maximum Gasteiger partial charge on any atom is 0.251 e. The van der Waals surface area contributed by atoms with Gasteiger partial charge in [0, 0.05) is 23.2 Å². The highest BCUT2D eigenvalue weighted by Gasteiger charge is 2.27. The number of Topliss-reactive ketones (excluding diaryl/α,β-unsaturated/α-hetero) is 1. The molecule has 2 rings (SSSR count). The summed E-state index contributed by atoms with van der Waals surface area (Å²) in [5, 5.41) is 0. The monoisotopic (exact) mass is 261 g/mol. The van der Waals surface area contributed by atoms with E-state index in [9.17, 15) is 9.59 Å². The van der Waals surface area contributed by atoms with Crippen molar-refractivity contribution in [1.29, 1.82) is 0 Å². The molecule has 1 heterocycles. The molecule has 0 radical (unpaired) electrons. The number of aromatic nitrogens is 1. The Hall–Kier alpha value is -1.38. The van der Waals surface area contributed by atoms with Crippen molar-refractivity contribution in [2.45, 2.75) is 64.7 Å². The predicted molar refractivity (Wildman–Crippen MR) is 76.9 cm³/mol. The van der Waals surface area contributed by atoms with Gasteiger partial charge in [-0.25, -0.2) is 0 Å². The van der Waals surface area contributed by atoms with Crippen molar-refractivity contribution in [3.63, 3.8) is 0 Å². The molecular weight excluding hydrogens is 238 g/mol. The molecule has 0 fully saturated rings. The van der Waals surface area contributed by atoms with Crippen LogP contribution in [-0.2, 0) is 11.8 Å². The second-order valence-corrected chi connectivity index (χ2v) is 6.17. The van der Waals surface area contributed by atoms with Crippen LogP contribution < -0.4 is 5.56 Å². The van der Waals surface area contributed by atoms with Crippen LogP contribution in [0.25, 0.3) is 0 Å². The third-order valence-corrected chi connectivity index (χ3v) is 4.14. The summed E-state index contributed by atoms with van der Waals surface area (Å²) >= 11 is 0. The van der Waals surface area contributed by atoms with Gasteiger partial charge in [0.1, 0.15) is 0 Å². The molecular formula is C16H23NO2. The molecule has 1 aliphatic carbocycles. The van der Waals surface area contributed by atoms with E-state index in [2.05, 4.69) is 25.8 Å². The maximum atomic E-state index is 12.2. The number of hydrogen-bond acceptors (Lipinski definition) is 2. The van der Waals surface area contributed by atoms with E-state index in [0.29, 0.717) is 6.42 Å². The number of aryl methyl sites for hydroxylation is 1. The normalized spacial score (nSPS) is 15.4. The van der Waals surface area contributed by atoms with E-state index in [1.54, 1.807) is 0 Å². The number of carbonyl (C=O) groups excluding carboxylic acids is 1. The fourth-order valence-corrected chi connectivity index (χ4v) is 2.83. The number of nitrogens with one attached hydrogen (secondary N) is 1. The molecule has 1 N–H and O–H groups in total. The number of unbranched alkanes of at least 4 members (excludes halogenated alkanes) is 1. The van der Waals surface area contributed by atoms with E-state index >= 15 is 0 Å². The van der Waals surface area contributed by atoms with Crippen molar-refractivity contribution in [2.75, 3.05) is 0 Å². The molecule has 3 nitrogen and oxygen atoms in total. The van der Waals surface area contributed by atoms with Crippen LogP contribution in [0.1, 0.15) is 74.5 Å². The summed E-state index contributed by atoms with van der Waals surface area (Å²) in [4.78, 5) is 27.1. The van der Waals surface area contributed by atoms with Crippen LogP contribution in [-0.4, -0.2) is 10.8 Å². The molecule has 1 aromatic heterocycles. The van der Waals surface area contributed by atoms with E-state index < -0.39 is 0 Å². The molecule has 104 valence electrons. The zero-order chi connectivity index (χ0) is 14.0. The van der Waals surface area contributed by atoms with Crippen LogP contribution in [0.4, 0.5) is 0 Å². The summed E-state index contributed by atoms with van der Waals surface area (Å²) in [7, 11) is 0. The van der Waals surface area contributed by atoms with Gasteiger partial charge in [-0.2, -0.15) is 0 Å². The average molecular weight is 261 g/mol. The lowest BCUT2D eigenvalue weighted by molar-refractivity contribution is 0.0971. The lowest BCUT2D eigenvalue weighted by atomic mass is 9.79. The molecule has 1 aliphatic rings. The molecule has 0 atom stereocenters. The van der Waals surface area contributed by atoms with E-state index in [0.717, 1.165) is 48.9 Å². The summed E-state index contributed by atoms with van der Waals surface area (Å²) in [5.74, 6) is 0.171. The molecule has 3 heteroatoms. The van der Waals surface area contributed by atoms with Crippen molar-refractivity contribution < 1.29 is 4.79 Å². The van der Waals surface area contributed by atoms with Gasteiger partial charge in [-0.15, -0.1) is 0 Å². The standard InChI is InChI=1S/C16H23NO2/c1-4-5-9-16(2,3)12-10-11-13(17-15(12)19)7-6-8-14(11)18/h10H,4-9H2,1-3H3,(H,17,19). The smallest absolute Gasteiger partial charge is 0.251 e. The zero-order valence-electron chi connectivity index (χ0n) is 12.1. The Balaban J connectivity index is 2.44. The van der Waals surface area contributed by atoms with Crippen LogP contribution in [0.5, 0.6) is 0 Å². The van der Waals surface area contributed by atoms with Gasteiger partial charge in [0.2, 0.25) is 0 Å². The Bertz CT molecular complexity index is 540. The van der Waals surface area contributed by atoms with Gasteiger partial charge in [0.05, 0.1) is 0 Å². The van der Waals surface area contributed by atoms with Crippen molar-refractivity contribution >= 4 is 5.78 Å². The van der Waals surface area contributed by atoms with Gasteiger partial charge in [-0.1, -0.05) is 33.6 Å². The van der Waals surface area contributed by atoms with Gasteiger partial charge in [0.15, 0.2) is 5.78 Å². The van der Waals surface area contributed by atoms with Crippen molar-refractivity contribution in [3.05, 3.63) is 33.2 Å². The first kappa shape index (κ1) is 14.0. The second kappa shape index (κ2) is 5.32. The number of hydrogen-bond donors (Lipinski definition) is 1. The summed E-state index contributed by atoms with van der Waals surface area (Å²) in [5.41, 5.74) is 2.14. The minimum absolute atomic E-state index is 0.0189. The molecule has 0 unspecified atom stereocenters. The topological polar surface area (TPSA) is 49.9 Å². The fraction of sp³-hybridized carbons (Fsp3) is 0.625. The van der Waals surface area contributed by atoms with E-state index in [-0.39, 0.29) is 16.8 Å². The summed E-state index contributed by atoms with van der Waals surface area (Å²) in [6.07, 6.45) is 5.45. The van der Waals surface area contributed by atoms with Gasteiger partial charge >= 0.3 is 0 Å². The first-order valence-electron chi connectivity index (χ1n) is 7.25. The van der Waals surface area contributed by atoms with Crippen molar-refractivity contribution in [1.82, 2.24) is 4.98 Å². The molecule has 0 saturated carbocycles. The fourth-order valence-electron chi connectivity index (χ4n) is 2.83. The highest BCUT2D eigenvalue weighted by Crippen LogP contribution is 2.29. The Morgan fingerprint density at radius 2 is 2.00 bits per heavy atom. The van der Waals surface area contributed by atoms with Crippen LogP contribution in [0.2, 0.25) is 0 Å². The van der Waals surface area contributed by atoms with Crippen molar-refractivity contribution in [2.24, 2.45) is 0 Å².